The topological polar surface area (TPSA) is 26.0 Å². The quantitative estimate of drug-likeness (QED) is 0.861. The van der Waals surface area contributed by atoms with Crippen LogP contribution in [0.15, 0.2) is 18.2 Å². The van der Waals surface area contributed by atoms with Gasteiger partial charge in [-0.25, -0.2) is 8.78 Å². The highest BCUT2D eigenvalue weighted by Crippen LogP contribution is 2.20. The van der Waals surface area contributed by atoms with Gasteiger partial charge in [-0.05, 0) is 22.9 Å². The zero-order chi connectivity index (χ0) is 11.4. The average Bonchev–Trinajstić information content (AvgIpc) is 2.18. The number of hydrogen-bond donors (Lipinski definition) is 1. The van der Waals surface area contributed by atoms with Gasteiger partial charge in [0, 0.05) is 11.8 Å². The zero-order valence-corrected chi connectivity index (χ0v) is 9.65. The summed E-state index contributed by atoms with van der Waals surface area (Å²) in [7, 11) is 0. The first-order valence-corrected chi connectivity index (χ1v) is 5.87. The van der Waals surface area contributed by atoms with E-state index in [1.54, 1.807) is 11.8 Å². The van der Waals surface area contributed by atoms with E-state index in [2.05, 4.69) is 13.8 Å². The van der Waals surface area contributed by atoms with Crippen LogP contribution in [0.25, 0.3) is 0 Å². The first-order chi connectivity index (χ1) is 7.00. The molecule has 2 N–H and O–H groups in total. The molecule has 1 aromatic carbocycles. The molecule has 0 bridgehead atoms. The van der Waals surface area contributed by atoms with Crippen LogP contribution in [-0.2, 0) is 0 Å². The van der Waals surface area contributed by atoms with Crippen molar-refractivity contribution in [2.75, 3.05) is 5.75 Å². The third-order valence-electron chi connectivity index (χ3n) is 1.98. The number of benzene rings is 1. The van der Waals surface area contributed by atoms with Crippen LogP contribution in [0.1, 0.15) is 25.5 Å². The molecule has 1 nitrogen and oxygen atoms in total. The first-order valence-electron chi connectivity index (χ1n) is 4.83. The van der Waals surface area contributed by atoms with Gasteiger partial charge in [0.1, 0.15) is 0 Å². The molecule has 0 saturated heterocycles. The number of halogens is 2. The maximum atomic E-state index is 12.9. The molecule has 84 valence electrons. The Bertz CT molecular complexity index is 328. The lowest BCUT2D eigenvalue weighted by Crippen LogP contribution is -2.14. The predicted octanol–water partition coefficient (Wildman–Crippen LogP) is 3.11. The molecular formula is C11H15F2NS. The lowest BCUT2D eigenvalue weighted by atomic mass is 10.1. The van der Waals surface area contributed by atoms with Crippen molar-refractivity contribution in [3.05, 3.63) is 35.4 Å². The summed E-state index contributed by atoms with van der Waals surface area (Å²) in [6.07, 6.45) is 0. The molecule has 0 aromatic heterocycles. The minimum Gasteiger partial charge on any atom is -0.323 e. The maximum Gasteiger partial charge on any atom is 0.159 e. The maximum absolute atomic E-state index is 12.9. The van der Waals surface area contributed by atoms with E-state index in [0.29, 0.717) is 16.6 Å². The molecular weight excluding hydrogens is 216 g/mol. The Labute approximate surface area is 93.1 Å². The van der Waals surface area contributed by atoms with E-state index >= 15 is 0 Å². The second-order valence-electron chi connectivity index (χ2n) is 3.66. The van der Waals surface area contributed by atoms with Crippen LogP contribution in [0.3, 0.4) is 0 Å². The normalized spacial score (nSPS) is 13.2. The highest BCUT2D eigenvalue weighted by Gasteiger charge is 2.10. The summed E-state index contributed by atoms with van der Waals surface area (Å²) in [5, 5.41) is 0.487. The van der Waals surface area contributed by atoms with Gasteiger partial charge in [0.25, 0.3) is 0 Å². The van der Waals surface area contributed by atoms with Crippen LogP contribution in [0, 0.1) is 11.6 Å². The number of rotatable bonds is 4. The van der Waals surface area contributed by atoms with Crippen molar-refractivity contribution in [1.82, 2.24) is 0 Å². The van der Waals surface area contributed by atoms with Gasteiger partial charge in [-0.2, -0.15) is 11.8 Å². The molecule has 0 heterocycles. The molecule has 0 amide bonds. The van der Waals surface area contributed by atoms with E-state index in [4.69, 9.17) is 5.73 Å². The van der Waals surface area contributed by atoms with Crippen LogP contribution in [-0.4, -0.2) is 11.0 Å². The SMILES string of the molecule is CC(C)SCC(N)c1ccc(F)c(F)c1. The first kappa shape index (κ1) is 12.5. The molecule has 0 radical (unpaired) electrons. The standard InChI is InChI=1S/C11H15F2NS/c1-7(2)15-6-11(14)8-3-4-9(12)10(13)5-8/h3-5,7,11H,6,14H2,1-2H3. The van der Waals surface area contributed by atoms with Crippen LogP contribution >= 0.6 is 11.8 Å². The Morgan fingerprint density at radius 1 is 1.27 bits per heavy atom. The van der Waals surface area contributed by atoms with Crippen molar-refractivity contribution < 1.29 is 8.78 Å². The van der Waals surface area contributed by atoms with Crippen molar-refractivity contribution in [3.8, 4) is 0 Å². The molecule has 0 aliphatic carbocycles. The van der Waals surface area contributed by atoms with Crippen LogP contribution in [0.4, 0.5) is 8.78 Å². The zero-order valence-electron chi connectivity index (χ0n) is 8.84. The summed E-state index contributed by atoms with van der Waals surface area (Å²) in [6, 6.07) is 3.57. The summed E-state index contributed by atoms with van der Waals surface area (Å²) in [6.45, 7) is 4.14. The van der Waals surface area contributed by atoms with Gasteiger partial charge in [0.2, 0.25) is 0 Å². The Kier molecular flexibility index (Phi) is 4.54. The van der Waals surface area contributed by atoms with Crippen LogP contribution in [0.5, 0.6) is 0 Å². The highest BCUT2D eigenvalue weighted by atomic mass is 32.2. The highest BCUT2D eigenvalue weighted by molar-refractivity contribution is 7.99. The van der Waals surface area contributed by atoms with Gasteiger partial charge in [-0.15, -0.1) is 0 Å². The average molecular weight is 231 g/mol. The molecule has 0 aliphatic heterocycles. The molecule has 1 aromatic rings. The molecule has 1 atom stereocenters. The van der Waals surface area contributed by atoms with Crippen molar-refractivity contribution in [1.29, 1.82) is 0 Å². The lowest BCUT2D eigenvalue weighted by Gasteiger charge is -2.13. The van der Waals surface area contributed by atoms with Gasteiger partial charge in [-0.3, -0.25) is 0 Å². The van der Waals surface area contributed by atoms with Gasteiger partial charge in [0.15, 0.2) is 11.6 Å². The smallest absolute Gasteiger partial charge is 0.159 e. The van der Waals surface area contributed by atoms with Gasteiger partial charge < -0.3 is 5.73 Å². The second-order valence-corrected chi connectivity index (χ2v) is 5.27. The molecule has 0 aliphatic rings. The molecule has 1 rings (SSSR count). The summed E-state index contributed by atoms with van der Waals surface area (Å²) < 4.78 is 25.6. The van der Waals surface area contributed by atoms with Crippen molar-refractivity contribution >= 4 is 11.8 Å². The van der Waals surface area contributed by atoms with E-state index in [1.807, 2.05) is 0 Å². The van der Waals surface area contributed by atoms with E-state index in [1.165, 1.54) is 12.1 Å². The minimum atomic E-state index is -0.836. The van der Waals surface area contributed by atoms with E-state index in [0.717, 1.165) is 6.07 Å². The molecule has 1 unspecified atom stereocenters. The second kappa shape index (κ2) is 5.47. The third kappa shape index (κ3) is 3.80. The Hall–Kier alpha value is -0.610. The number of thioether (sulfide) groups is 1. The Morgan fingerprint density at radius 2 is 1.93 bits per heavy atom. The van der Waals surface area contributed by atoms with Crippen molar-refractivity contribution in [2.45, 2.75) is 25.1 Å². The van der Waals surface area contributed by atoms with E-state index in [9.17, 15) is 8.78 Å². The van der Waals surface area contributed by atoms with E-state index in [-0.39, 0.29) is 6.04 Å². The fourth-order valence-corrected chi connectivity index (χ4v) is 1.92. The summed E-state index contributed by atoms with van der Waals surface area (Å²) in [5.41, 5.74) is 6.49. The number of nitrogens with two attached hydrogens (primary N) is 1. The molecule has 0 fully saturated rings. The third-order valence-corrected chi connectivity index (χ3v) is 3.20. The fourth-order valence-electron chi connectivity index (χ4n) is 1.14. The minimum absolute atomic E-state index is 0.243. The van der Waals surface area contributed by atoms with Gasteiger partial charge in [0.05, 0.1) is 0 Å². The number of hydrogen-bond acceptors (Lipinski definition) is 2. The largest absolute Gasteiger partial charge is 0.323 e. The van der Waals surface area contributed by atoms with Gasteiger partial charge >= 0.3 is 0 Å². The lowest BCUT2D eigenvalue weighted by molar-refractivity contribution is 0.506. The summed E-state index contributed by atoms with van der Waals surface area (Å²) in [4.78, 5) is 0. The van der Waals surface area contributed by atoms with Crippen LogP contribution in [0.2, 0.25) is 0 Å². The Morgan fingerprint density at radius 3 is 2.47 bits per heavy atom. The Balaban J connectivity index is 2.65. The molecule has 15 heavy (non-hydrogen) atoms. The van der Waals surface area contributed by atoms with E-state index < -0.39 is 11.6 Å². The monoisotopic (exact) mass is 231 g/mol. The summed E-state index contributed by atoms with van der Waals surface area (Å²) >= 11 is 1.70. The molecule has 0 spiro atoms. The van der Waals surface area contributed by atoms with Crippen LogP contribution < -0.4 is 5.73 Å². The predicted molar refractivity (Wildman–Crippen MR) is 60.9 cm³/mol. The van der Waals surface area contributed by atoms with Gasteiger partial charge in [-0.1, -0.05) is 19.9 Å². The van der Waals surface area contributed by atoms with Crippen molar-refractivity contribution in [2.24, 2.45) is 5.73 Å². The van der Waals surface area contributed by atoms with Crippen molar-refractivity contribution in [3.63, 3.8) is 0 Å². The fraction of sp³-hybridized carbons (Fsp3) is 0.455. The summed E-state index contributed by atoms with van der Waals surface area (Å²) in [5.74, 6) is -0.956. The molecule has 4 heteroatoms. The molecule has 0 saturated carbocycles.